The maximum Gasteiger partial charge on any atom is 0.292 e. The lowest BCUT2D eigenvalue weighted by Gasteiger charge is -2.17. The van der Waals surface area contributed by atoms with Crippen molar-refractivity contribution >= 4 is 17.2 Å². The van der Waals surface area contributed by atoms with E-state index in [0.29, 0.717) is 24.5 Å². The van der Waals surface area contributed by atoms with E-state index in [1.807, 2.05) is 0 Å². The summed E-state index contributed by atoms with van der Waals surface area (Å²) in [6, 6.07) is 6.56. The number of hydrogen-bond acceptors (Lipinski definition) is 3. The lowest BCUT2D eigenvalue weighted by molar-refractivity contribution is -0.384. The molecule has 1 aliphatic rings. The third kappa shape index (κ3) is 1.68. The van der Waals surface area contributed by atoms with Crippen LogP contribution in [0, 0.1) is 15.5 Å². The van der Waals surface area contributed by atoms with E-state index in [2.05, 4.69) is 0 Å². The van der Waals surface area contributed by atoms with Gasteiger partial charge < -0.3 is 4.90 Å². The molecule has 0 radical (unpaired) electrons. The number of nitrogens with zero attached hydrogens (tertiary/aromatic N) is 2. The first-order valence-corrected chi connectivity index (χ1v) is 4.78. The predicted molar refractivity (Wildman–Crippen MR) is 57.4 cm³/mol. The molecule has 2 rings (SSSR count). The van der Waals surface area contributed by atoms with Crippen LogP contribution in [0.25, 0.3) is 0 Å². The van der Waals surface area contributed by atoms with Crippen molar-refractivity contribution in [2.75, 3.05) is 11.4 Å². The highest BCUT2D eigenvalue weighted by atomic mass is 16.6. The number of para-hydroxylation sites is 2. The molecule has 0 aliphatic carbocycles. The van der Waals surface area contributed by atoms with E-state index < -0.39 is 4.92 Å². The van der Waals surface area contributed by atoms with Crippen molar-refractivity contribution in [2.24, 2.45) is 0 Å². The SMILES string of the molecule is N=C1CCCN1c1ccccc1[N+](=O)[O-]. The monoisotopic (exact) mass is 205 g/mol. The van der Waals surface area contributed by atoms with E-state index in [4.69, 9.17) is 5.41 Å². The van der Waals surface area contributed by atoms with Gasteiger partial charge in [-0.25, -0.2) is 0 Å². The van der Waals surface area contributed by atoms with Gasteiger partial charge in [0.2, 0.25) is 0 Å². The van der Waals surface area contributed by atoms with Crippen LogP contribution in [0.5, 0.6) is 0 Å². The molecule has 0 atom stereocenters. The zero-order valence-electron chi connectivity index (χ0n) is 8.14. The maximum atomic E-state index is 10.8. The topological polar surface area (TPSA) is 70.2 Å². The molecule has 15 heavy (non-hydrogen) atoms. The Bertz CT molecular complexity index is 417. The van der Waals surface area contributed by atoms with Crippen molar-refractivity contribution in [3.8, 4) is 0 Å². The number of hydrogen-bond donors (Lipinski definition) is 1. The highest BCUT2D eigenvalue weighted by Crippen LogP contribution is 2.30. The van der Waals surface area contributed by atoms with E-state index >= 15 is 0 Å². The molecule has 1 heterocycles. The summed E-state index contributed by atoms with van der Waals surface area (Å²) in [7, 11) is 0. The van der Waals surface area contributed by atoms with Gasteiger partial charge in [-0.2, -0.15) is 0 Å². The summed E-state index contributed by atoms with van der Waals surface area (Å²) in [5.41, 5.74) is 0.606. The zero-order chi connectivity index (χ0) is 10.8. The van der Waals surface area contributed by atoms with Crippen molar-refractivity contribution in [1.82, 2.24) is 0 Å². The van der Waals surface area contributed by atoms with Gasteiger partial charge in [0.05, 0.1) is 4.92 Å². The van der Waals surface area contributed by atoms with Gasteiger partial charge in [0, 0.05) is 19.0 Å². The average Bonchev–Trinajstić information content (AvgIpc) is 2.64. The fourth-order valence-electron chi connectivity index (χ4n) is 1.79. The zero-order valence-corrected chi connectivity index (χ0v) is 8.14. The van der Waals surface area contributed by atoms with Gasteiger partial charge in [-0.1, -0.05) is 12.1 Å². The van der Waals surface area contributed by atoms with Crippen LogP contribution in [0.2, 0.25) is 0 Å². The first kappa shape index (κ1) is 9.64. The molecule has 1 aromatic rings. The van der Waals surface area contributed by atoms with E-state index in [1.165, 1.54) is 6.07 Å². The number of amidine groups is 1. The number of anilines is 1. The quantitative estimate of drug-likeness (QED) is 0.594. The second-order valence-electron chi connectivity index (χ2n) is 3.45. The normalized spacial score (nSPS) is 15.7. The second-order valence-corrected chi connectivity index (χ2v) is 3.45. The smallest absolute Gasteiger partial charge is 0.292 e. The van der Waals surface area contributed by atoms with Crippen molar-refractivity contribution in [3.63, 3.8) is 0 Å². The molecule has 0 saturated carbocycles. The Morgan fingerprint density at radius 1 is 1.40 bits per heavy atom. The highest BCUT2D eigenvalue weighted by molar-refractivity contribution is 5.99. The van der Waals surface area contributed by atoms with Crippen LogP contribution in [0.4, 0.5) is 11.4 Å². The molecular weight excluding hydrogens is 194 g/mol. The molecule has 0 aromatic heterocycles. The molecule has 1 aromatic carbocycles. The molecule has 78 valence electrons. The summed E-state index contributed by atoms with van der Waals surface area (Å²) in [6.07, 6.45) is 1.59. The summed E-state index contributed by atoms with van der Waals surface area (Å²) >= 11 is 0. The molecule has 5 heteroatoms. The number of nitro groups is 1. The minimum absolute atomic E-state index is 0.0733. The summed E-state index contributed by atoms with van der Waals surface area (Å²) in [5.74, 6) is 0.462. The molecule has 0 amide bonds. The van der Waals surface area contributed by atoms with Gasteiger partial charge >= 0.3 is 0 Å². The van der Waals surface area contributed by atoms with E-state index in [9.17, 15) is 10.1 Å². The minimum Gasteiger partial charge on any atom is -0.325 e. The van der Waals surface area contributed by atoms with Crippen LogP contribution in [-0.2, 0) is 0 Å². The molecule has 1 saturated heterocycles. The average molecular weight is 205 g/mol. The Kier molecular flexibility index (Phi) is 2.37. The summed E-state index contributed by atoms with van der Waals surface area (Å²) in [6.45, 7) is 0.698. The number of nitrogens with one attached hydrogen (secondary N) is 1. The van der Waals surface area contributed by atoms with E-state index in [0.717, 1.165) is 6.42 Å². The predicted octanol–water partition coefficient (Wildman–Crippen LogP) is 2.17. The Balaban J connectivity index is 2.42. The minimum atomic E-state index is -0.402. The summed E-state index contributed by atoms with van der Waals surface area (Å²) in [4.78, 5) is 12.1. The summed E-state index contributed by atoms with van der Waals surface area (Å²) in [5, 5.41) is 18.5. The number of rotatable bonds is 2. The van der Waals surface area contributed by atoms with Crippen LogP contribution in [-0.4, -0.2) is 17.3 Å². The molecule has 1 fully saturated rings. The van der Waals surface area contributed by atoms with Crippen LogP contribution >= 0.6 is 0 Å². The molecule has 0 spiro atoms. The molecule has 5 nitrogen and oxygen atoms in total. The maximum absolute atomic E-state index is 10.8. The molecule has 1 N–H and O–H groups in total. The standard InChI is InChI=1S/C10H11N3O2/c11-10-6-3-7-12(10)8-4-1-2-5-9(8)13(14)15/h1-2,4-5,11H,3,6-7H2. The Morgan fingerprint density at radius 3 is 2.73 bits per heavy atom. The number of nitro benzene ring substituents is 1. The lowest BCUT2D eigenvalue weighted by Crippen LogP contribution is -2.23. The number of benzene rings is 1. The van der Waals surface area contributed by atoms with Crippen LogP contribution in [0.15, 0.2) is 24.3 Å². The summed E-state index contributed by atoms with van der Waals surface area (Å²) < 4.78 is 0. The third-order valence-corrected chi connectivity index (χ3v) is 2.49. The van der Waals surface area contributed by atoms with Crippen LogP contribution in [0.3, 0.4) is 0 Å². The largest absolute Gasteiger partial charge is 0.325 e. The van der Waals surface area contributed by atoms with Crippen molar-refractivity contribution in [1.29, 1.82) is 5.41 Å². The third-order valence-electron chi connectivity index (χ3n) is 2.49. The van der Waals surface area contributed by atoms with Crippen molar-refractivity contribution < 1.29 is 4.92 Å². The van der Waals surface area contributed by atoms with Gasteiger partial charge in [0.15, 0.2) is 0 Å². The van der Waals surface area contributed by atoms with Gasteiger partial charge in [-0.05, 0) is 12.5 Å². The molecule has 1 aliphatic heterocycles. The van der Waals surface area contributed by atoms with Gasteiger partial charge in [-0.15, -0.1) is 0 Å². The van der Waals surface area contributed by atoms with Gasteiger partial charge in [0.25, 0.3) is 5.69 Å². The lowest BCUT2D eigenvalue weighted by atomic mass is 10.2. The van der Waals surface area contributed by atoms with Crippen LogP contribution in [0.1, 0.15) is 12.8 Å². The molecular formula is C10H11N3O2. The van der Waals surface area contributed by atoms with Gasteiger partial charge in [-0.3, -0.25) is 15.5 Å². The fraction of sp³-hybridized carbons (Fsp3) is 0.300. The van der Waals surface area contributed by atoms with E-state index in [1.54, 1.807) is 23.1 Å². The Morgan fingerprint density at radius 2 is 2.13 bits per heavy atom. The first-order valence-electron chi connectivity index (χ1n) is 4.78. The van der Waals surface area contributed by atoms with Gasteiger partial charge in [0.1, 0.15) is 11.5 Å². The highest BCUT2D eigenvalue weighted by Gasteiger charge is 2.24. The Hall–Kier alpha value is -1.91. The van der Waals surface area contributed by atoms with Crippen molar-refractivity contribution in [2.45, 2.75) is 12.8 Å². The molecule has 0 bridgehead atoms. The Labute approximate surface area is 87.0 Å². The fourth-order valence-corrected chi connectivity index (χ4v) is 1.79. The van der Waals surface area contributed by atoms with E-state index in [-0.39, 0.29) is 5.69 Å². The first-order chi connectivity index (χ1) is 7.20. The second kappa shape index (κ2) is 3.68. The van der Waals surface area contributed by atoms with Crippen LogP contribution < -0.4 is 4.90 Å². The van der Waals surface area contributed by atoms with Crippen molar-refractivity contribution in [3.05, 3.63) is 34.4 Å². The molecule has 0 unspecified atom stereocenters.